The highest BCUT2D eigenvalue weighted by Gasteiger charge is 2.36. The Bertz CT molecular complexity index is 1480. The number of alkyl halides is 3. The fraction of sp³-hybridized carbons (Fsp3) is 0.333. The summed E-state index contributed by atoms with van der Waals surface area (Å²) >= 11 is 6.28. The standard InChI is InChI=1S/C30H33ClF3N3O4S/c1-4-17-35-29(39)26(5-2)36(19-22-13-11-21(3)12-14-22)28(38)20-37(42(40,41)24-9-7-6-8-10-24)27-18-23(30(32,33)34)15-16-25(27)31/h6-16,18,26H,4-5,17,19-20H2,1-3H3,(H,35,39). The molecule has 1 N–H and O–H groups in total. The fourth-order valence-electron chi connectivity index (χ4n) is 4.29. The lowest BCUT2D eigenvalue weighted by Gasteiger charge is -2.33. The molecular formula is C30H33ClF3N3O4S. The van der Waals surface area contributed by atoms with Gasteiger partial charge in [-0.25, -0.2) is 8.42 Å². The molecule has 0 aliphatic rings. The Kier molecular flexibility index (Phi) is 11.0. The van der Waals surface area contributed by atoms with Gasteiger partial charge in [-0.1, -0.05) is 73.5 Å². The molecule has 0 fully saturated rings. The predicted octanol–water partition coefficient (Wildman–Crippen LogP) is 6.20. The number of carbonyl (C=O) groups is 2. The lowest BCUT2D eigenvalue weighted by Crippen LogP contribution is -2.52. The Morgan fingerprint density at radius 3 is 2.19 bits per heavy atom. The molecule has 226 valence electrons. The maximum Gasteiger partial charge on any atom is 0.416 e. The van der Waals surface area contributed by atoms with Crippen molar-refractivity contribution in [2.45, 2.75) is 57.3 Å². The van der Waals surface area contributed by atoms with E-state index < -0.39 is 51.9 Å². The first-order valence-corrected chi connectivity index (χ1v) is 15.2. The number of nitrogens with one attached hydrogen (secondary N) is 1. The van der Waals surface area contributed by atoms with Crippen LogP contribution in [-0.4, -0.2) is 44.3 Å². The summed E-state index contributed by atoms with van der Waals surface area (Å²) in [5, 5.41) is 2.48. The van der Waals surface area contributed by atoms with Crippen LogP contribution in [0.4, 0.5) is 18.9 Å². The van der Waals surface area contributed by atoms with Crippen LogP contribution >= 0.6 is 11.6 Å². The number of amides is 2. The molecule has 1 unspecified atom stereocenters. The first kappa shape index (κ1) is 32.9. The third-order valence-electron chi connectivity index (χ3n) is 6.56. The van der Waals surface area contributed by atoms with Gasteiger partial charge in [-0.15, -0.1) is 0 Å². The van der Waals surface area contributed by atoms with Gasteiger partial charge in [0, 0.05) is 13.1 Å². The normalized spacial score (nSPS) is 12.5. The van der Waals surface area contributed by atoms with E-state index in [1.807, 2.05) is 26.0 Å². The molecule has 0 bridgehead atoms. The monoisotopic (exact) mass is 623 g/mol. The van der Waals surface area contributed by atoms with E-state index in [-0.39, 0.29) is 22.9 Å². The molecule has 0 aliphatic carbocycles. The number of rotatable bonds is 12. The predicted molar refractivity (Wildman–Crippen MR) is 157 cm³/mol. The number of carbonyl (C=O) groups excluding carboxylic acids is 2. The maximum absolute atomic E-state index is 14.0. The van der Waals surface area contributed by atoms with Gasteiger partial charge in [-0.3, -0.25) is 13.9 Å². The van der Waals surface area contributed by atoms with Crippen LogP contribution in [0.1, 0.15) is 43.4 Å². The minimum Gasteiger partial charge on any atom is -0.354 e. The molecule has 3 rings (SSSR count). The van der Waals surface area contributed by atoms with E-state index >= 15 is 0 Å². The van der Waals surface area contributed by atoms with E-state index in [9.17, 15) is 31.2 Å². The molecule has 3 aromatic rings. The molecule has 0 spiro atoms. The van der Waals surface area contributed by atoms with Crippen molar-refractivity contribution < 1.29 is 31.2 Å². The van der Waals surface area contributed by atoms with E-state index in [1.54, 1.807) is 25.1 Å². The average molecular weight is 624 g/mol. The number of hydrogen-bond donors (Lipinski definition) is 1. The van der Waals surface area contributed by atoms with Gasteiger partial charge in [-0.2, -0.15) is 13.2 Å². The van der Waals surface area contributed by atoms with Gasteiger partial charge < -0.3 is 10.2 Å². The Morgan fingerprint density at radius 2 is 1.62 bits per heavy atom. The summed E-state index contributed by atoms with van der Waals surface area (Å²) in [4.78, 5) is 28.2. The van der Waals surface area contributed by atoms with Gasteiger partial charge in [0.2, 0.25) is 11.8 Å². The van der Waals surface area contributed by atoms with Crippen molar-refractivity contribution in [2.24, 2.45) is 0 Å². The van der Waals surface area contributed by atoms with Crippen LogP contribution in [-0.2, 0) is 32.3 Å². The topological polar surface area (TPSA) is 86.8 Å². The van der Waals surface area contributed by atoms with Crippen molar-refractivity contribution >= 4 is 39.1 Å². The molecule has 1 atom stereocenters. The molecule has 0 saturated heterocycles. The Morgan fingerprint density at radius 1 is 0.976 bits per heavy atom. The Balaban J connectivity index is 2.14. The number of aryl methyl sites for hydroxylation is 1. The second kappa shape index (κ2) is 14.1. The second-order valence-electron chi connectivity index (χ2n) is 9.71. The van der Waals surface area contributed by atoms with Crippen molar-refractivity contribution in [2.75, 3.05) is 17.4 Å². The molecular weight excluding hydrogens is 591 g/mol. The van der Waals surface area contributed by atoms with Crippen LogP contribution in [0.2, 0.25) is 5.02 Å². The van der Waals surface area contributed by atoms with Gasteiger partial charge >= 0.3 is 6.18 Å². The van der Waals surface area contributed by atoms with Crippen LogP contribution in [0, 0.1) is 6.92 Å². The minimum absolute atomic E-state index is 0.0350. The summed E-state index contributed by atoms with van der Waals surface area (Å²) in [7, 11) is -4.58. The Hall–Kier alpha value is -3.57. The fourth-order valence-corrected chi connectivity index (χ4v) is 6.00. The summed E-state index contributed by atoms with van der Waals surface area (Å²) in [5.41, 5.74) is 0.0147. The van der Waals surface area contributed by atoms with Gasteiger partial charge in [0.15, 0.2) is 0 Å². The third kappa shape index (κ3) is 8.04. The van der Waals surface area contributed by atoms with Crippen molar-refractivity contribution in [1.29, 1.82) is 0 Å². The number of hydrogen-bond acceptors (Lipinski definition) is 4. The first-order chi connectivity index (χ1) is 19.8. The van der Waals surface area contributed by atoms with Crippen molar-refractivity contribution in [3.8, 4) is 0 Å². The molecule has 12 heteroatoms. The number of sulfonamides is 1. The lowest BCUT2D eigenvalue weighted by atomic mass is 10.1. The quantitative estimate of drug-likeness (QED) is 0.260. The zero-order chi connectivity index (χ0) is 31.1. The van der Waals surface area contributed by atoms with Crippen LogP contribution in [0.25, 0.3) is 0 Å². The number of nitrogens with zero attached hydrogens (tertiary/aromatic N) is 2. The van der Waals surface area contributed by atoms with E-state index in [0.717, 1.165) is 17.7 Å². The summed E-state index contributed by atoms with van der Waals surface area (Å²) < 4.78 is 69.2. The van der Waals surface area contributed by atoms with E-state index in [0.29, 0.717) is 28.9 Å². The van der Waals surface area contributed by atoms with Gasteiger partial charge in [0.25, 0.3) is 10.0 Å². The number of benzene rings is 3. The highest BCUT2D eigenvalue weighted by molar-refractivity contribution is 7.92. The van der Waals surface area contributed by atoms with Crippen molar-refractivity contribution in [1.82, 2.24) is 10.2 Å². The molecule has 0 radical (unpaired) electrons. The molecule has 2 amide bonds. The summed E-state index contributed by atoms with van der Waals surface area (Å²) in [6.07, 6.45) is -3.93. The van der Waals surface area contributed by atoms with E-state index in [1.165, 1.54) is 29.2 Å². The van der Waals surface area contributed by atoms with Crippen LogP contribution in [0.15, 0.2) is 77.7 Å². The second-order valence-corrected chi connectivity index (χ2v) is 12.0. The van der Waals surface area contributed by atoms with Gasteiger partial charge in [0.05, 0.1) is 21.2 Å². The molecule has 0 heterocycles. The van der Waals surface area contributed by atoms with Crippen LogP contribution in [0.3, 0.4) is 0 Å². The lowest BCUT2D eigenvalue weighted by molar-refractivity contribution is -0.140. The number of anilines is 1. The van der Waals surface area contributed by atoms with E-state index in [2.05, 4.69) is 5.32 Å². The number of halogens is 4. The SMILES string of the molecule is CCCNC(=O)C(CC)N(Cc1ccc(C)cc1)C(=O)CN(c1cc(C(F)(F)F)ccc1Cl)S(=O)(=O)c1ccccc1. The van der Waals surface area contributed by atoms with Crippen molar-refractivity contribution in [3.63, 3.8) is 0 Å². The van der Waals surface area contributed by atoms with Crippen LogP contribution in [0.5, 0.6) is 0 Å². The highest BCUT2D eigenvalue weighted by atomic mass is 35.5. The average Bonchev–Trinajstić information content (AvgIpc) is 2.95. The van der Waals surface area contributed by atoms with Crippen LogP contribution < -0.4 is 9.62 Å². The molecule has 3 aromatic carbocycles. The van der Waals surface area contributed by atoms with Crippen molar-refractivity contribution in [3.05, 3.63) is 94.5 Å². The maximum atomic E-state index is 14.0. The largest absolute Gasteiger partial charge is 0.416 e. The third-order valence-corrected chi connectivity index (χ3v) is 8.65. The molecule has 0 aromatic heterocycles. The summed E-state index contributed by atoms with van der Waals surface area (Å²) in [5.74, 6) is -1.21. The highest BCUT2D eigenvalue weighted by Crippen LogP contribution is 2.37. The Labute approximate surface area is 249 Å². The zero-order valence-corrected chi connectivity index (χ0v) is 25.1. The molecule has 0 saturated carbocycles. The smallest absolute Gasteiger partial charge is 0.354 e. The molecule has 0 aliphatic heterocycles. The molecule has 7 nitrogen and oxygen atoms in total. The van der Waals surface area contributed by atoms with Gasteiger partial charge in [0.1, 0.15) is 12.6 Å². The zero-order valence-electron chi connectivity index (χ0n) is 23.5. The van der Waals surface area contributed by atoms with Gasteiger partial charge in [-0.05, 0) is 55.7 Å². The summed E-state index contributed by atoms with van der Waals surface area (Å²) in [6, 6.07) is 15.6. The molecule has 42 heavy (non-hydrogen) atoms. The van der Waals surface area contributed by atoms with E-state index in [4.69, 9.17) is 11.6 Å². The first-order valence-electron chi connectivity index (χ1n) is 13.4. The minimum atomic E-state index is -4.80. The summed E-state index contributed by atoms with van der Waals surface area (Å²) in [6.45, 7) is 4.92.